The molecule has 31 heavy (non-hydrogen) atoms. The predicted octanol–water partition coefficient (Wildman–Crippen LogP) is 4.71. The Hall–Kier alpha value is -2.02. The average Bonchev–Trinajstić information content (AvgIpc) is 2.79. The van der Waals surface area contributed by atoms with Gasteiger partial charge in [0.25, 0.3) is 0 Å². The number of piperidine rings is 1. The summed E-state index contributed by atoms with van der Waals surface area (Å²) in [7, 11) is 0. The number of nitrogens with zero attached hydrogens (tertiary/aromatic N) is 3. The molecular formula is C24H32F3N3O. The van der Waals surface area contributed by atoms with Crippen LogP contribution in [0.5, 0.6) is 0 Å². The van der Waals surface area contributed by atoms with Gasteiger partial charge >= 0.3 is 6.18 Å². The molecule has 7 heteroatoms. The second-order valence-electron chi connectivity index (χ2n) is 8.99. The van der Waals surface area contributed by atoms with Crippen LogP contribution < -0.4 is 4.90 Å². The van der Waals surface area contributed by atoms with Gasteiger partial charge in [-0.25, -0.2) is 0 Å². The van der Waals surface area contributed by atoms with Gasteiger partial charge < -0.3 is 9.80 Å². The van der Waals surface area contributed by atoms with Gasteiger partial charge in [0.1, 0.15) is 0 Å². The van der Waals surface area contributed by atoms with Crippen molar-refractivity contribution in [2.75, 3.05) is 44.2 Å². The van der Waals surface area contributed by atoms with E-state index in [4.69, 9.17) is 0 Å². The number of hydrogen-bond donors (Lipinski definition) is 0. The van der Waals surface area contributed by atoms with E-state index in [9.17, 15) is 18.0 Å². The Morgan fingerprint density at radius 3 is 2.55 bits per heavy atom. The average molecular weight is 436 g/mol. The molecule has 2 fully saturated rings. The molecule has 1 atom stereocenters. The van der Waals surface area contributed by atoms with E-state index in [2.05, 4.69) is 11.0 Å². The molecule has 1 unspecified atom stereocenters. The van der Waals surface area contributed by atoms with Crippen LogP contribution in [0.25, 0.3) is 0 Å². The van der Waals surface area contributed by atoms with E-state index >= 15 is 0 Å². The number of hydrogen-bond acceptors (Lipinski definition) is 3. The molecule has 170 valence electrons. The fourth-order valence-corrected chi connectivity index (χ4v) is 5.07. The summed E-state index contributed by atoms with van der Waals surface area (Å²) in [6.07, 6.45) is 5.17. The zero-order valence-electron chi connectivity index (χ0n) is 18.0. The van der Waals surface area contributed by atoms with E-state index in [1.54, 1.807) is 6.07 Å². The molecule has 1 aromatic rings. The number of carbonyl (C=O) groups excluding carboxylic acids is 1. The molecule has 0 bridgehead atoms. The zero-order chi connectivity index (χ0) is 21.8. The summed E-state index contributed by atoms with van der Waals surface area (Å²) in [4.78, 5) is 19.3. The Bertz CT molecular complexity index is 800. The SMILES string of the molecule is O=C(CC1=CCCCC1)N1CCCC(N2CCN(c3cccc(C(F)(F)F)c3)CC2)C1. The maximum absolute atomic E-state index is 13.0. The number of likely N-dealkylation sites (tertiary alicyclic amines) is 1. The minimum absolute atomic E-state index is 0.250. The Morgan fingerprint density at radius 1 is 1.03 bits per heavy atom. The van der Waals surface area contributed by atoms with E-state index in [0.717, 1.165) is 57.9 Å². The first-order valence-electron chi connectivity index (χ1n) is 11.5. The third kappa shape index (κ3) is 5.62. The van der Waals surface area contributed by atoms with Crippen LogP contribution >= 0.6 is 0 Å². The van der Waals surface area contributed by atoms with Crippen LogP contribution in [0.15, 0.2) is 35.9 Å². The molecule has 0 spiro atoms. The summed E-state index contributed by atoms with van der Waals surface area (Å²) in [5.41, 5.74) is 1.34. The number of allylic oxidation sites excluding steroid dienone is 1. The third-order valence-corrected chi connectivity index (χ3v) is 6.88. The summed E-state index contributed by atoms with van der Waals surface area (Å²) in [5.74, 6) is 0.250. The Morgan fingerprint density at radius 2 is 1.84 bits per heavy atom. The van der Waals surface area contributed by atoms with Crippen molar-refractivity contribution in [3.05, 3.63) is 41.5 Å². The third-order valence-electron chi connectivity index (χ3n) is 6.88. The second-order valence-corrected chi connectivity index (χ2v) is 8.99. The highest BCUT2D eigenvalue weighted by atomic mass is 19.4. The molecule has 3 aliphatic rings. The Labute approximate surface area is 182 Å². The van der Waals surface area contributed by atoms with Crippen molar-refractivity contribution in [2.24, 2.45) is 0 Å². The molecular weight excluding hydrogens is 403 g/mol. The Balaban J connectivity index is 1.30. The van der Waals surface area contributed by atoms with Crippen molar-refractivity contribution in [3.8, 4) is 0 Å². The summed E-state index contributed by atoms with van der Waals surface area (Å²) >= 11 is 0. The number of amides is 1. The number of benzene rings is 1. The van der Waals surface area contributed by atoms with Crippen molar-refractivity contribution in [1.29, 1.82) is 0 Å². The number of piperazine rings is 1. The van der Waals surface area contributed by atoms with Crippen LogP contribution in [0.2, 0.25) is 0 Å². The summed E-state index contributed by atoms with van der Waals surface area (Å²) < 4.78 is 39.1. The molecule has 4 rings (SSSR count). The largest absolute Gasteiger partial charge is 0.416 e. The predicted molar refractivity (Wildman–Crippen MR) is 116 cm³/mol. The normalized spacial score (nSPS) is 23.6. The number of halogens is 3. The lowest BCUT2D eigenvalue weighted by Gasteiger charge is -2.44. The first kappa shape index (κ1) is 22.2. The van der Waals surface area contributed by atoms with E-state index < -0.39 is 11.7 Å². The molecule has 2 aliphatic heterocycles. The molecule has 0 aromatic heterocycles. The first-order valence-corrected chi connectivity index (χ1v) is 11.5. The second kappa shape index (κ2) is 9.63. The van der Waals surface area contributed by atoms with Crippen LogP contribution in [-0.2, 0) is 11.0 Å². The summed E-state index contributed by atoms with van der Waals surface area (Å²) in [6.45, 7) is 4.65. The fraction of sp³-hybridized carbons (Fsp3) is 0.625. The van der Waals surface area contributed by atoms with Crippen molar-refractivity contribution in [3.63, 3.8) is 0 Å². The van der Waals surface area contributed by atoms with Crippen LogP contribution in [0.1, 0.15) is 50.5 Å². The Kier molecular flexibility index (Phi) is 6.89. The lowest BCUT2D eigenvalue weighted by molar-refractivity contribution is -0.137. The van der Waals surface area contributed by atoms with Crippen molar-refractivity contribution in [2.45, 2.75) is 57.2 Å². The van der Waals surface area contributed by atoms with Gasteiger partial charge in [-0.05, 0) is 56.7 Å². The van der Waals surface area contributed by atoms with Gasteiger partial charge in [-0.2, -0.15) is 13.2 Å². The van der Waals surface area contributed by atoms with Gasteiger partial charge in [-0.1, -0.05) is 17.7 Å². The lowest BCUT2D eigenvalue weighted by atomic mass is 9.96. The zero-order valence-corrected chi connectivity index (χ0v) is 18.0. The van der Waals surface area contributed by atoms with Gasteiger partial charge in [-0.15, -0.1) is 0 Å². The molecule has 4 nitrogen and oxygen atoms in total. The minimum atomic E-state index is -4.32. The summed E-state index contributed by atoms with van der Waals surface area (Å²) in [5, 5.41) is 0. The first-order chi connectivity index (χ1) is 14.9. The van der Waals surface area contributed by atoms with E-state index in [1.165, 1.54) is 30.5 Å². The van der Waals surface area contributed by atoms with Crippen LogP contribution in [-0.4, -0.2) is 61.0 Å². The highest BCUT2D eigenvalue weighted by molar-refractivity contribution is 5.79. The van der Waals surface area contributed by atoms with Gasteiger partial charge in [0, 0.05) is 57.4 Å². The standard InChI is InChI=1S/C24H32F3N3O/c25-24(26,27)20-8-4-9-21(17-20)28-12-14-29(15-13-28)22-10-5-11-30(18-22)23(31)16-19-6-2-1-3-7-19/h4,6,8-9,17,22H,1-3,5,7,10-16,18H2. The number of alkyl halides is 3. The van der Waals surface area contributed by atoms with Crippen LogP contribution in [0, 0.1) is 0 Å². The van der Waals surface area contributed by atoms with Crippen LogP contribution in [0.4, 0.5) is 18.9 Å². The molecule has 1 amide bonds. The van der Waals surface area contributed by atoms with E-state index in [0.29, 0.717) is 31.2 Å². The maximum atomic E-state index is 13.0. The van der Waals surface area contributed by atoms with E-state index in [-0.39, 0.29) is 5.91 Å². The molecule has 1 aromatic carbocycles. The topological polar surface area (TPSA) is 26.8 Å². The van der Waals surface area contributed by atoms with Gasteiger partial charge in [0.2, 0.25) is 5.91 Å². The number of anilines is 1. The highest BCUT2D eigenvalue weighted by Crippen LogP contribution is 2.32. The monoisotopic (exact) mass is 435 g/mol. The van der Waals surface area contributed by atoms with Crippen molar-refractivity contribution < 1.29 is 18.0 Å². The smallest absolute Gasteiger partial charge is 0.369 e. The highest BCUT2D eigenvalue weighted by Gasteiger charge is 2.32. The fourth-order valence-electron chi connectivity index (χ4n) is 5.07. The van der Waals surface area contributed by atoms with Crippen molar-refractivity contribution >= 4 is 11.6 Å². The van der Waals surface area contributed by atoms with E-state index in [1.807, 2.05) is 9.80 Å². The molecule has 0 saturated carbocycles. The number of carbonyl (C=O) groups is 1. The van der Waals surface area contributed by atoms with Gasteiger partial charge in [0.05, 0.1) is 5.56 Å². The van der Waals surface area contributed by atoms with Gasteiger partial charge in [0.15, 0.2) is 0 Å². The van der Waals surface area contributed by atoms with Crippen LogP contribution in [0.3, 0.4) is 0 Å². The minimum Gasteiger partial charge on any atom is -0.369 e. The lowest BCUT2D eigenvalue weighted by Crippen LogP contribution is -2.55. The van der Waals surface area contributed by atoms with Gasteiger partial charge in [-0.3, -0.25) is 9.69 Å². The number of rotatable bonds is 4. The molecule has 1 aliphatic carbocycles. The molecule has 0 radical (unpaired) electrons. The molecule has 2 saturated heterocycles. The van der Waals surface area contributed by atoms with Crippen molar-refractivity contribution in [1.82, 2.24) is 9.80 Å². The molecule has 0 N–H and O–H groups in total. The summed E-state index contributed by atoms with van der Waals surface area (Å²) in [6, 6.07) is 5.96. The quantitative estimate of drug-likeness (QED) is 0.641. The maximum Gasteiger partial charge on any atom is 0.416 e. The molecule has 2 heterocycles.